The summed E-state index contributed by atoms with van der Waals surface area (Å²) in [6.45, 7) is 1.27. The van der Waals surface area contributed by atoms with Gasteiger partial charge in [-0.2, -0.15) is 0 Å². The summed E-state index contributed by atoms with van der Waals surface area (Å²) in [5, 5.41) is 3.39. The first-order valence-electron chi connectivity index (χ1n) is 8.95. The number of fused-ring (bicyclic) bond motifs is 1. The number of rotatable bonds is 6. The minimum Gasteiger partial charge on any atom is -0.340 e. The standard InChI is InChI=1S/C19H18ClF2N5O/c1-10-7-24-14(8-23-10)19(28)26-17(11-2-3-11)18-25-13-6-12(20)4-5-15(13)27(18)9-16(21)22/h4-8,11,16-17H,2-3,9H2,1H3,(H,26,28)/t17-/m0/s1. The summed E-state index contributed by atoms with van der Waals surface area (Å²) in [6, 6.07) is 4.47. The summed E-state index contributed by atoms with van der Waals surface area (Å²) in [6.07, 6.45) is 2.14. The van der Waals surface area contributed by atoms with Gasteiger partial charge in [-0.1, -0.05) is 11.6 Å². The van der Waals surface area contributed by atoms with Crippen molar-refractivity contribution in [3.05, 3.63) is 52.8 Å². The fourth-order valence-electron chi connectivity index (χ4n) is 3.24. The zero-order valence-corrected chi connectivity index (χ0v) is 15.8. The van der Waals surface area contributed by atoms with Gasteiger partial charge in [0.05, 0.1) is 35.5 Å². The Morgan fingerprint density at radius 2 is 2.11 bits per heavy atom. The lowest BCUT2D eigenvalue weighted by molar-refractivity contribution is 0.0921. The number of imidazole rings is 1. The van der Waals surface area contributed by atoms with Crippen LogP contribution in [0.2, 0.25) is 5.02 Å². The highest BCUT2D eigenvalue weighted by Gasteiger charge is 2.37. The van der Waals surface area contributed by atoms with E-state index < -0.39 is 24.9 Å². The zero-order valence-electron chi connectivity index (χ0n) is 15.1. The van der Waals surface area contributed by atoms with Crippen LogP contribution >= 0.6 is 11.6 Å². The molecule has 28 heavy (non-hydrogen) atoms. The molecule has 9 heteroatoms. The largest absolute Gasteiger partial charge is 0.340 e. The van der Waals surface area contributed by atoms with Crippen LogP contribution in [0.5, 0.6) is 0 Å². The van der Waals surface area contributed by atoms with Crippen molar-refractivity contribution >= 4 is 28.5 Å². The van der Waals surface area contributed by atoms with Crippen molar-refractivity contribution in [2.45, 2.75) is 38.8 Å². The minimum atomic E-state index is -2.55. The van der Waals surface area contributed by atoms with Crippen LogP contribution in [-0.2, 0) is 6.54 Å². The lowest BCUT2D eigenvalue weighted by Gasteiger charge is -2.19. The number of benzene rings is 1. The fourth-order valence-corrected chi connectivity index (χ4v) is 3.40. The molecule has 146 valence electrons. The third-order valence-electron chi connectivity index (χ3n) is 4.73. The second-order valence-corrected chi connectivity index (χ2v) is 7.37. The zero-order chi connectivity index (χ0) is 19.8. The maximum Gasteiger partial charge on any atom is 0.272 e. The van der Waals surface area contributed by atoms with Gasteiger partial charge in [0.15, 0.2) is 0 Å². The third-order valence-corrected chi connectivity index (χ3v) is 4.97. The van der Waals surface area contributed by atoms with Crippen LogP contribution in [0.3, 0.4) is 0 Å². The fraction of sp³-hybridized carbons (Fsp3) is 0.368. The maximum atomic E-state index is 13.3. The van der Waals surface area contributed by atoms with E-state index in [1.165, 1.54) is 17.0 Å². The van der Waals surface area contributed by atoms with E-state index in [-0.39, 0.29) is 11.6 Å². The Labute approximate surface area is 165 Å². The normalized spacial score (nSPS) is 15.2. The van der Waals surface area contributed by atoms with E-state index in [1.54, 1.807) is 25.1 Å². The molecule has 6 nitrogen and oxygen atoms in total. The van der Waals surface area contributed by atoms with Gasteiger partial charge in [0.25, 0.3) is 12.3 Å². The summed E-state index contributed by atoms with van der Waals surface area (Å²) in [5.74, 6) is 0.151. The van der Waals surface area contributed by atoms with E-state index in [9.17, 15) is 13.6 Å². The Kier molecular flexibility index (Phi) is 4.97. The van der Waals surface area contributed by atoms with E-state index in [4.69, 9.17) is 11.6 Å². The van der Waals surface area contributed by atoms with Crippen molar-refractivity contribution in [3.63, 3.8) is 0 Å². The molecule has 0 spiro atoms. The molecule has 4 rings (SSSR count). The number of hydrogen-bond acceptors (Lipinski definition) is 4. The Morgan fingerprint density at radius 3 is 2.75 bits per heavy atom. The number of alkyl halides is 2. The number of carbonyl (C=O) groups is 1. The van der Waals surface area contributed by atoms with Crippen LogP contribution in [0, 0.1) is 12.8 Å². The first kappa shape index (κ1) is 18.7. The van der Waals surface area contributed by atoms with E-state index in [0.717, 1.165) is 12.8 Å². The van der Waals surface area contributed by atoms with Gasteiger partial charge >= 0.3 is 0 Å². The lowest BCUT2D eigenvalue weighted by Crippen LogP contribution is -2.33. The lowest BCUT2D eigenvalue weighted by atomic mass is 10.1. The first-order valence-corrected chi connectivity index (χ1v) is 9.33. The number of amides is 1. The first-order chi connectivity index (χ1) is 13.4. The molecule has 1 fully saturated rings. The van der Waals surface area contributed by atoms with E-state index >= 15 is 0 Å². The number of hydrogen-bond donors (Lipinski definition) is 1. The number of nitrogens with zero attached hydrogens (tertiary/aromatic N) is 4. The number of carbonyl (C=O) groups excluding carboxylic acids is 1. The summed E-state index contributed by atoms with van der Waals surface area (Å²) >= 11 is 6.04. The molecule has 0 saturated heterocycles. The van der Waals surface area contributed by atoms with Gasteiger partial charge in [-0.15, -0.1) is 0 Å². The minimum absolute atomic E-state index is 0.145. The van der Waals surface area contributed by atoms with Crippen LogP contribution in [0.15, 0.2) is 30.6 Å². The highest BCUT2D eigenvalue weighted by atomic mass is 35.5. The van der Waals surface area contributed by atoms with Crippen molar-refractivity contribution in [2.75, 3.05) is 0 Å². The molecule has 1 aliphatic carbocycles. The number of nitrogens with one attached hydrogen (secondary N) is 1. The van der Waals surface area contributed by atoms with Gasteiger partial charge in [0.1, 0.15) is 11.5 Å². The van der Waals surface area contributed by atoms with E-state index in [0.29, 0.717) is 27.6 Å². The van der Waals surface area contributed by atoms with Gasteiger partial charge in [0.2, 0.25) is 0 Å². The van der Waals surface area contributed by atoms with Crippen LogP contribution < -0.4 is 5.32 Å². The average molecular weight is 406 g/mol. The van der Waals surface area contributed by atoms with E-state index in [2.05, 4.69) is 20.3 Å². The number of aromatic nitrogens is 4. The molecule has 1 N–H and O–H groups in total. The Morgan fingerprint density at radius 1 is 1.32 bits per heavy atom. The molecule has 1 amide bonds. The van der Waals surface area contributed by atoms with Crippen molar-refractivity contribution in [2.24, 2.45) is 5.92 Å². The quantitative estimate of drug-likeness (QED) is 0.674. The molecule has 3 aromatic rings. The van der Waals surface area contributed by atoms with Gasteiger partial charge in [0, 0.05) is 11.2 Å². The molecular formula is C19H18ClF2N5O. The van der Waals surface area contributed by atoms with Crippen molar-refractivity contribution in [3.8, 4) is 0 Å². The molecule has 1 atom stereocenters. The van der Waals surface area contributed by atoms with Crippen molar-refractivity contribution in [1.29, 1.82) is 0 Å². The smallest absolute Gasteiger partial charge is 0.272 e. The molecule has 2 aromatic heterocycles. The highest BCUT2D eigenvalue weighted by molar-refractivity contribution is 6.31. The van der Waals surface area contributed by atoms with Crippen LogP contribution in [0.1, 0.15) is 40.9 Å². The summed E-state index contributed by atoms with van der Waals surface area (Å²) in [4.78, 5) is 25.4. The van der Waals surface area contributed by atoms with Gasteiger partial charge < -0.3 is 9.88 Å². The topological polar surface area (TPSA) is 72.7 Å². The van der Waals surface area contributed by atoms with Crippen LogP contribution in [0.4, 0.5) is 8.78 Å². The molecule has 0 bridgehead atoms. The molecular weight excluding hydrogens is 388 g/mol. The predicted octanol–water partition coefficient (Wildman–Crippen LogP) is 3.93. The second-order valence-electron chi connectivity index (χ2n) is 6.94. The van der Waals surface area contributed by atoms with Crippen molar-refractivity contribution in [1.82, 2.24) is 24.8 Å². The second kappa shape index (κ2) is 7.43. The Bertz CT molecular complexity index is 1020. The molecule has 1 saturated carbocycles. The average Bonchev–Trinajstić information content (AvgIpc) is 3.43. The Balaban J connectivity index is 1.72. The molecule has 2 heterocycles. The predicted molar refractivity (Wildman–Crippen MR) is 100 cm³/mol. The van der Waals surface area contributed by atoms with Gasteiger partial charge in [-0.05, 0) is 43.9 Å². The summed E-state index contributed by atoms with van der Waals surface area (Å²) in [7, 11) is 0. The SMILES string of the molecule is Cc1cnc(C(=O)N[C@H](c2nc3cc(Cl)ccc3n2CC(F)F)C2CC2)cn1. The molecule has 0 unspecified atom stereocenters. The van der Waals surface area contributed by atoms with Gasteiger partial charge in [-0.3, -0.25) is 9.78 Å². The number of halogens is 3. The molecule has 1 aromatic carbocycles. The third kappa shape index (κ3) is 3.82. The summed E-state index contributed by atoms with van der Waals surface area (Å²) < 4.78 is 28.0. The van der Waals surface area contributed by atoms with E-state index in [1.807, 2.05) is 0 Å². The molecule has 1 aliphatic rings. The maximum absolute atomic E-state index is 13.3. The highest BCUT2D eigenvalue weighted by Crippen LogP contribution is 2.41. The summed E-state index contributed by atoms with van der Waals surface area (Å²) in [5.41, 5.74) is 1.97. The van der Waals surface area contributed by atoms with Crippen molar-refractivity contribution < 1.29 is 13.6 Å². The van der Waals surface area contributed by atoms with Crippen LogP contribution in [0.25, 0.3) is 11.0 Å². The molecule has 0 aliphatic heterocycles. The Hall–Kier alpha value is -2.61. The van der Waals surface area contributed by atoms with Crippen LogP contribution in [-0.4, -0.2) is 31.9 Å². The molecule has 0 radical (unpaired) electrons. The number of aryl methyl sites for hydroxylation is 1. The monoisotopic (exact) mass is 405 g/mol. The van der Waals surface area contributed by atoms with Gasteiger partial charge in [-0.25, -0.2) is 18.7 Å².